The highest BCUT2D eigenvalue weighted by Gasteiger charge is 2.16. The van der Waals surface area contributed by atoms with Crippen LogP contribution in [0.3, 0.4) is 0 Å². The summed E-state index contributed by atoms with van der Waals surface area (Å²) < 4.78 is 5.81. The molecule has 0 saturated heterocycles. The third kappa shape index (κ3) is 5.50. The molecule has 0 unspecified atom stereocenters. The Morgan fingerprint density at radius 3 is 2.64 bits per heavy atom. The van der Waals surface area contributed by atoms with Crippen LogP contribution in [0, 0.1) is 0 Å². The normalized spacial score (nSPS) is 11.1. The van der Waals surface area contributed by atoms with E-state index in [-0.39, 0.29) is 0 Å². The number of pyridine rings is 1. The van der Waals surface area contributed by atoms with Gasteiger partial charge in [-0.3, -0.25) is 5.32 Å². The molecule has 0 aromatic carbocycles. The second kappa shape index (κ2) is 6.93. The number of hydrogen-bond donors (Lipinski definition) is 2. The maximum atomic E-state index is 11.6. The van der Waals surface area contributed by atoms with E-state index in [9.17, 15) is 4.79 Å². The fourth-order valence-corrected chi connectivity index (χ4v) is 2.42. The number of halogens is 1. The van der Waals surface area contributed by atoms with E-state index in [1.54, 1.807) is 39.2 Å². The minimum atomic E-state index is -0.541. The molecule has 2 aromatic rings. The molecule has 0 atom stereocenters. The molecule has 2 N–H and O–H groups in total. The highest BCUT2D eigenvalue weighted by Crippen LogP contribution is 2.19. The number of ether oxygens (including phenoxy) is 1. The molecule has 22 heavy (non-hydrogen) atoms. The van der Waals surface area contributed by atoms with E-state index in [2.05, 4.69) is 20.6 Å². The van der Waals surface area contributed by atoms with Gasteiger partial charge in [0.2, 0.25) is 0 Å². The summed E-state index contributed by atoms with van der Waals surface area (Å²) in [5.41, 5.74) is 0.279. The van der Waals surface area contributed by atoms with Crippen LogP contribution in [-0.4, -0.2) is 21.7 Å². The first kappa shape index (κ1) is 16.5. The van der Waals surface area contributed by atoms with E-state index in [0.29, 0.717) is 16.7 Å². The third-order valence-corrected chi connectivity index (χ3v) is 3.48. The smallest absolute Gasteiger partial charge is 0.413 e. The fourth-order valence-electron chi connectivity index (χ4n) is 1.53. The molecular weight excluding hydrogens is 324 g/mol. The standard InChI is InChI=1S/C14H17ClN4O2S/c1-14(2,3)21-13(20)19-11-5-4-9(6-17-11)16-8-12-18-7-10(15)22-12/h4-7,16H,8H2,1-3H3,(H,17,19,20). The van der Waals surface area contributed by atoms with E-state index in [4.69, 9.17) is 16.3 Å². The lowest BCUT2D eigenvalue weighted by atomic mass is 10.2. The molecule has 0 spiro atoms. The van der Waals surface area contributed by atoms with E-state index >= 15 is 0 Å². The van der Waals surface area contributed by atoms with Crippen molar-refractivity contribution in [3.63, 3.8) is 0 Å². The maximum absolute atomic E-state index is 11.6. The van der Waals surface area contributed by atoms with Gasteiger partial charge in [-0.15, -0.1) is 11.3 Å². The van der Waals surface area contributed by atoms with Crippen molar-refractivity contribution in [3.8, 4) is 0 Å². The van der Waals surface area contributed by atoms with Crippen molar-refractivity contribution < 1.29 is 9.53 Å². The van der Waals surface area contributed by atoms with Gasteiger partial charge in [0.1, 0.15) is 20.8 Å². The van der Waals surface area contributed by atoms with Crippen molar-refractivity contribution in [1.29, 1.82) is 0 Å². The van der Waals surface area contributed by atoms with Crippen LogP contribution < -0.4 is 10.6 Å². The Hall–Kier alpha value is -1.86. The lowest BCUT2D eigenvalue weighted by molar-refractivity contribution is 0.0635. The summed E-state index contributed by atoms with van der Waals surface area (Å²) in [7, 11) is 0. The minimum absolute atomic E-state index is 0.428. The van der Waals surface area contributed by atoms with Gasteiger partial charge in [-0.1, -0.05) is 11.6 Å². The summed E-state index contributed by atoms with van der Waals surface area (Å²) in [5, 5.41) is 6.64. The molecular formula is C14H17ClN4O2S. The summed E-state index contributed by atoms with van der Waals surface area (Å²) in [5.74, 6) is 0.428. The summed E-state index contributed by atoms with van der Waals surface area (Å²) in [6.45, 7) is 5.98. The quantitative estimate of drug-likeness (QED) is 0.874. The molecule has 0 aliphatic heterocycles. The lowest BCUT2D eigenvalue weighted by Gasteiger charge is -2.19. The van der Waals surface area contributed by atoms with Crippen molar-refractivity contribution in [2.24, 2.45) is 0 Å². The number of thiazole rings is 1. The van der Waals surface area contributed by atoms with Gasteiger partial charge in [0.15, 0.2) is 0 Å². The van der Waals surface area contributed by atoms with Crippen LogP contribution in [0.25, 0.3) is 0 Å². The monoisotopic (exact) mass is 340 g/mol. The van der Waals surface area contributed by atoms with Gasteiger partial charge >= 0.3 is 6.09 Å². The zero-order valence-corrected chi connectivity index (χ0v) is 14.1. The summed E-state index contributed by atoms with van der Waals surface area (Å²) >= 11 is 7.24. The second-order valence-corrected chi connectivity index (χ2v) is 7.22. The SMILES string of the molecule is CC(C)(C)OC(=O)Nc1ccc(NCc2ncc(Cl)s2)cn1. The predicted molar refractivity (Wildman–Crippen MR) is 88.5 cm³/mol. The van der Waals surface area contributed by atoms with Crippen LogP contribution in [0.1, 0.15) is 25.8 Å². The Kier molecular flexibility index (Phi) is 5.20. The molecule has 8 heteroatoms. The number of hydrogen-bond acceptors (Lipinski definition) is 6. The fraction of sp³-hybridized carbons (Fsp3) is 0.357. The van der Waals surface area contributed by atoms with E-state index in [0.717, 1.165) is 10.7 Å². The van der Waals surface area contributed by atoms with Crippen molar-refractivity contribution in [2.45, 2.75) is 32.9 Å². The highest BCUT2D eigenvalue weighted by atomic mass is 35.5. The largest absolute Gasteiger partial charge is 0.444 e. The molecule has 2 rings (SSSR count). The third-order valence-electron chi connectivity index (χ3n) is 2.36. The van der Waals surface area contributed by atoms with Gasteiger partial charge in [-0.05, 0) is 32.9 Å². The van der Waals surface area contributed by atoms with Crippen molar-refractivity contribution in [1.82, 2.24) is 9.97 Å². The second-order valence-electron chi connectivity index (χ2n) is 5.47. The highest BCUT2D eigenvalue weighted by molar-refractivity contribution is 7.15. The van der Waals surface area contributed by atoms with Crippen LogP contribution in [-0.2, 0) is 11.3 Å². The van der Waals surface area contributed by atoms with Crippen LogP contribution in [0.15, 0.2) is 24.5 Å². The van der Waals surface area contributed by atoms with Crippen LogP contribution in [0.5, 0.6) is 0 Å². The van der Waals surface area contributed by atoms with Crippen molar-refractivity contribution in [3.05, 3.63) is 33.9 Å². The lowest BCUT2D eigenvalue weighted by Crippen LogP contribution is -2.27. The Morgan fingerprint density at radius 1 is 1.32 bits per heavy atom. The van der Waals surface area contributed by atoms with E-state index in [1.807, 2.05) is 6.07 Å². The summed E-state index contributed by atoms with van der Waals surface area (Å²) in [6.07, 6.45) is 2.72. The number of carbonyl (C=O) groups excluding carboxylic acids is 1. The Morgan fingerprint density at radius 2 is 2.09 bits per heavy atom. The molecule has 0 aliphatic carbocycles. The number of carbonyl (C=O) groups is 1. The van der Waals surface area contributed by atoms with Gasteiger partial charge in [0, 0.05) is 0 Å². The first-order chi connectivity index (χ1) is 10.3. The molecule has 2 heterocycles. The molecule has 0 aliphatic rings. The zero-order valence-electron chi connectivity index (χ0n) is 12.5. The first-order valence-electron chi connectivity index (χ1n) is 6.62. The van der Waals surface area contributed by atoms with Gasteiger partial charge in [-0.2, -0.15) is 0 Å². The van der Waals surface area contributed by atoms with Crippen LogP contribution >= 0.6 is 22.9 Å². The van der Waals surface area contributed by atoms with Gasteiger partial charge in [-0.25, -0.2) is 14.8 Å². The molecule has 118 valence electrons. The van der Waals surface area contributed by atoms with Crippen molar-refractivity contribution >= 4 is 40.5 Å². The average molecular weight is 341 g/mol. The van der Waals surface area contributed by atoms with Gasteiger partial charge in [0.25, 0.3) is 0 Å². The van der Waals surface area contributed by atoms with Crippen molar-refractivity contribution in [2.75, 3.05) is 10.6 Å². The Labute approximate surface area is 137 Å². The average Bonchev–Trinajstić information content (AvgIpc) is 2.81. The zero-order chi connectivity index (χ0) is 16.2. The number of aromatic nitrogens is 2. The topological polar surface area (TPSA) is 76.1 Å². The molecule has 1 amide bonds. The number of nitrogens with one attached hydrogen (secondary N) is 2. The number of rotatable bonds is 4. The van der Waals surface area contributed by atoms with E-state index in [1.165, 1.54) is 11.3 Å². The van der Waals surface area contributed by atoms with Gasteiger partial charge in [0.05, 0.1) is 24.6 Å². The molecule has 0 fully saturated rings. The number of amides is 1. The molecule has 0 bridgehead atoms. The molecule has 0 radical (unpaired) electrons. The summed E-state index contributed by atoms with van der Waals surface area (Å²) in [4.78, 5) is 19.9. The van der Waals surface area contributed by atoms with Gasteiger partial charge < -0.3 is 10.1 Å². The van der Waals surface area contributed by atoms with Crippen LogP contribution in [0.2, 0.25) is 4.34 Å². The molecule has 6 nitrogen and oxygen atoms in total. The number of nitrogens with zero attached hydrogens (tertiary/aromatic N) is 2. The minimum Gasteiger partial charge on any atom is -0.444 e. The van der Waals surface area contributed by atoms with E-state index < -0.39 is 11.7 Å². The van der Waals surface area contributed by atoms with Crippen LogP contribution in [0.4, 0.5) is 16.3 Å². The maximum Gasteiger partial charge on any atom is 0.413 e. The molecule has 2 aromatic heterocycles. The Balaban J connectivity index is 1.86. The number of anilines is 2. The Bertz CT molecular complexity index is 637. The molecule has 0 saturated carbocycles. The predicted octanol–water partition coefficient (Wildman–Crippen LogP) is 4.15. The first-order valence-corrected chi connectivity index (χ1v) is 7.81. The summed E-state index contributed by atoms with van der Waals surface area (Å²) in [6, 6.07) is 3.51.